The number of carboxylic acid groups (broad SMARTS) is 1. The van der Waals surface area contributed by atoms with Gasteiger partial charge in [0.2, 0.25) is 23.5 Å². The number of piperidine rings is 2. The van der Waals surface area contributed by atoms with E-state index in [1.54, 1.807) is 70.5 Å². The molecule has 71 heavy (non-hydrogen) atoms. The molecule has 5 aromatic carbocycles. The maximum atomic E-state index is 13.1. The van der Waals surface area contributed by atoms with Gasteiger partial charge in [-0.25, -0.2) is 18.0 Å². The molecule has 17 nitrogen and oxygen atoms in total. The van der Waals surface area contributed by atoms with E-state index in [4.69, 9.17) is 27.1 Å². The number of likely N-dealkylation sites (tertiary alicyclic amines) is 2. The molecular formula is C51H52F3N9O8. The molecule has 6 aromatic rings. The molecule has 1 unspecified atom stereocenters. The van der Waals surface area contributed by atoms with Crippen molar-refractivity contribution in [1.82, 2.24) is 36.1 Å². The molecule has 0 saturated carbocycles. The number of benzene rings is 5. The highest BCUT2D eigenvalue weighted by atomic mass is 19.1. The molecule has 3 heterocycles. The van der Waals surface area contributed by atoms with Crippen LogP contribution >= 0.6 is 0 Å². The summed E-state index contributed by atoms with van der Waals surface area (Å²) in [5.74, 6) is -1.95. The molecule has 0 spiro atoms. The lowest BCUT2D eigenvalue weighted by Gasteiger charge is -2.30. The first-order valence-electron chi connectivity index (χ1n) is 22.3. The van der Waals surface area contributed by atoms with Gasteiger partial charge in [-0.3, -0.25) is 24.0 Å². The van der Waals surface area contributed by atoms with Gasteiger partial charge in [0, 0.05) is 48.8 Å². The molecule has 8 rings (SSSR count). The number of carbonyl (C=O) groups excluding carboxylic acids is 4. The first-order valence-corrected chi connectivity index (χ1v) is 22.3. The fraction of sp³-hybridized carbons (Fsp3) is 0.255. The number of nitrogens with two attached hydrogens (primary N) is 1. The molecule has 2 fully saturated rings. The Hall–Kier alpha value is -8.25. The molecule has 370 valence electrons. The minimum Gasteiger partial charge on any atom is -0.481 e. The second kappa shape index (κ2) is 27.7. The van der Waals surface area contributed by atoms with Gasteiger partial charge < -0.3 is 41.0 Å². The van der Waals surface area contributed by atoms with Gasteiger partial charge in [0.05, 0.1) is 25.6 Å². The van der Waals surface area contributed by atoms with E-state index in [2.05, 4.69) is 25.6 Å². The van der Waals surface area contributed by atoms with Crippen molar-refractivity contribution in [3.05, 3.63) is 185 Å². The Kier molecular flexibility index (Phi) is 20.9. The Balaban J connectivity index is 0.000000197. The third kappa shape index (κ3) is 17.3. The lowest BCUT2D eigenvalue weighted by Crippen LogP contribution is -2.45. The Morgan fingerprint density at radius 3 is 1.55 bits per heavy atom. The van der Waals surface area contributed by atoms with E-state index < -0.39 is 12.1 Å². The van der Waals surface area contributed by atoms with E-state index in [0.29, 0.717) is 91.5 Å². The molecule has 1 aromatic heterocycles. The number of hydrogen-bond acceptors (Lipinski definition) is 11. The molecule has 0 aliphatic carbocycles. The van der Waals surface area contributed by atoms with Crippen LogP contribution in [0.4, 0.5) is 18.9 Å². The summed E-state index contributed by atoms with van der Waals surface area (Å²) in [5, 5.41) is 26.5. The number of rotatable bonds is 11. The topological polar surface area (TPSA) is 238 Å². The van der Waals surface area contributed by atoms with Crippen molar-refractivity contribution in [3.8, 4) is 11.4 Å². The normalized spacial score (nSPS) is 13.8. The van der Waals surface area contributed by atoms with Crippen LogP contribution in [0.15, 0.2) is 138 Å². The van der Waals surface area contributed by atoms with E-state index >= 15 is 0 Å². The minimum atomic E-state index is -0.806. The van der Waals surface area contributed by atoms with Crippen LogP contribution in [-0.2, 0) is 14.4 Å². The SMILES string of the molecule is NC(NO)c1ccc(F)cc1.O=C(NCC(=O)N1CCC(C(=O)O)CC1)c1ccccc1.O=C(NCC(=O)N1CCC(c2nc(-c3ccc(F)cc3)no2)CC1)c1ccccc1.[C-]#[N+]c1ccc(F)cc1. The van der Waals surface area contributed by atoms with E-state index in [0.717, 1.165) is 0 Å². The fourth-order valence-electron chi connectivity index (χ4n) is 7.05. The summed E-state index contributed by atoms with van der Waals surface area (Å²) < 4.78 is 42.9. The van der Waals surface area contributed by atoms with Crippen molar-refractivity contribution in [2.75, 3.05) is 39.3 Å². The van der Waals surface area contributed by atoms with Crippen LogP contribution < -0.4 is 21.8 Å². The van der Waals surface area contributed by atoms with Gasteiger partial charge in [-0.1, -0.05) is 65.8 Å². The zero-order valence-electron chi connectivity index (χ0n) is 38.3. The monoisotopic (exact) mass is 975 g/mol. The number of aromatic nitrogens is 2. The van der Waals surface area contributed by atoms with Crippen LogP contribution in [0.25, 0.3) is 16.2 Å². The maximum Gasteiger partial charge on any atom is 0.306 e. The third-order valence-electron chi connectivity index (χ3n) is 11.1. The summed E-state index contributed by atoms with van der Waals surface area (Å²) in [6.45, 7) is 8.38. The van der Waals surface area contributed by atoms with Crippen LogP contribution in [0.1, 0.15) is 69.9 Å². The van der Waals surface area contributed by atoms with Gasteiger partial charge in [0.25, 0.3) is 11.8 Å². The number of amides is 4. The average Bonchev–Trinajstić information content (AvgIpc) is 3.91. The number of hydroxylamine groups is 1. The molecule has 2 aliphatic rings. The number of nitrogens with zero attached hydrogens (tertiary/aromatic N) is 5. The van der Waals surface area contributed by atoms with Crippen molar-refractivity contribution in [2.24, 2.45) is 11.7 Å². The van der Waals surface area contributed by atoms with E-state index in [1.807, 2.05) is 17.6 Å². The first-order chi connectivity index (χ1) is 34.2. The second-order valence-corrected chi connectivity index (χ2v) is 16.0. The van der Waals surface area contributed by atoms with Crippen LogP contribution in [0, 0.1) is 29.9 Å². The number of nitrogens with one attached hydrogen (secondary N) is 3. The van der Waals surface area contributed by atoms with Crippen molar-refractivity contribution in [2.45, 2.75) is 37.8 Å². The predicted octanol–water partition coefficient (Wildman–Crippen LogP) is 6.89. The maximum absolute atomic E-state index is 13.1. The van der Waals surface area contributed by atoms with Gasteiger partial charge in [-0.15, -0.1) is 0 Å². The third-order valence-corrected chi connectivity index (χ3v) is 11.1. The molecule has 0 radical (unpaired) electrons. The zero-order valence-corrected chi connectivity index (χ0v) is 38.3. The van der Waals surface area contributed by atoms with Crippen LogP contribution in [0.5, 0.6) is 0 Å². The van der Waals surface area contributed by atoms with E-state index in [-0.39, 0.29) is 66.0 Å². The summed E-state index contributed by atoms with van der Waals surface area (Å²) in [6, 6.07) is 34.4. The molecule has 20 heteroatoms. The highest BCUT2D eigenvalue weighted by Crippen LogP contribution is 2.29. The highest BCUT2D eigenvalue weighted by molar-refractivity contribution is 5.97. The van der Waals surface area contributed by atoms with Crippen LogP contribution in [0.2, 0.25) is 0 Å². The van der Waals surface area contributed by atoms with Gasteiger partial charge in [-0.05, 0) is 104 Å². The first kappa shape index (κ1) is 53.7. The lowest BCUT2D eigenvalue weighted by molar-refractivity contribution is -0.145. The quantitative estimate of drug-likeness (QED) is 0.0442. The summed E-state index contributed by atoms with van der Waals surface area (Å²) >= 11 is 0. The highest BCUT2D eigenvalue weighted by Gasteiger charge is 2.29. The standard InChI is InChI=1S/C22H21FN4O3.C15H18N2O4.C7H9FN2O.C7H4FN/c23-18-8-6-15(7-9-18)20-25-22(30-26-20)17-10-12-27(13-11-17)19(28)14-24-21(29)16-4-2-1-3-5-16;18-13(17-8-6-12(7-9-17)15(20)21)10-16-14(19)11-4-2-1-3-5-11;8-6-3-1-5(2-4-6)7(9)10-11;1-9-7-4-2-6(8)3-5-7/h1-9,17H,10-14H2,(H,24,29);1-5,12H,6-10H2,(H,16,19)(H,20,21);1-4,7,10-11H,9H2;2-5H. The Morgan fingerprint density at radius 2 is 1.11 bits per heavy atom. The molecule has 2 aliphatic heterocycles. The lowest BCUT2D eigenvalue weighted by atomic mass is 9.96. The number of halogens is 3. The van der Waals surface area contributed by atoms with E-state index in [1.165, 1.54) is 60.7 Å². The number of hydrogen-bond donors (Lipinski definition) is 6. The van der Waals surface area contributed by atoms with Gasteiger partial charge in [0.1, 0.15) is 23.6 Å². The molecule has 7 N–H and O–H groups in total. The Morgan fingerprint density at radius 1 is 0.676 bits per heavy atom. The fourth-order valence-corrected chi connectivity index (χ4v) is 7.05. The van der Waals surface area contributed by atoms with E-state index in [9.17, 15) is 37.1 Å². The molecule has 4 amide bonds. The average molecular weight is 976 g/mol. The van der Waals surface area contributed by atoms with Crippen LogP contribution in [0.3, 0.4) is 0 Å². The van der Waals surface area contributed by atoms with Crippen molar-refractivity contribution >= 4 is 35.3 Å². The predicted molar refractivity (Wildman–Crippen MR) is 254 cm³/mol. The van der Waals surface area contributed by atoms with Crippen LogP contribution in [-0.4, -0.2) is 99.1 Å². The molecule has 0 bridgehead atoms. The summed E-state index contributed by atoms with van der Waals surface area (Å²) in [4.78, 5) is 70.0. The van der Waals surface area contributed by atoms with Crippen molar-refractivity contribution < 1.29 is 52.0 Å². The number of carbonyl (C=O) groups is 5. The summed E-state index contributed by atoms with van der Waals surface area (Å²) in [7, 11) is 0. The molecular weight excluding hydrogens is 924 g/mol. The molecule has 1 atom stereocenters. The number of carboxylic acids is 1. The summed E-state index contributed by atoms with van der Waals surface area (Å²) in [5.41, 5.74) is 10.0. The Labute approximate surface area is 407 Å². The van der Waals surface area contributed by atoms with Gasteiger partial charge >= 0.3 is 5.97 Å². The zero-order chi connectivity index (χ0) is 51.1. The summed E-state index contributed by atoms with van der Waals surface area (Å²) in [6.07, 6.45) is 1.67. The van der Waals surface area contributed by atoms with Gasteiger partial charge in [-0.2, -0.15) is 10.5 Å². The second-order valence-electron chi connectivity index (χ2n) is 16.0. The number of aliphatic carboxylic acids is 1. The minimum absolute atomic E-state index is 0.0341. The van der Waals surface area contributed by atoms with Crippen molar-refractivity contribution in [3.63, 3.8) is 0 Å². The Bertz CT molecular complexity index is 2680. The van der Waals surface area contributed by atoms with Crippen molar-refractivity contribution in [1.29, 1.82) is 0 Å². The molecule has 2 saturated heterocycles. The largest absolute Gasteiger partial charge is 0.481 e. The van der Waals surface area contributed by atoms with Gasteiger partial charge in [0.15, 0.2) is 5.69 Å². The smallest absolute Gasteiger partial charge is 0.306 e.